The normalized spacial score (nSPS) is 11.6. The monoisotopic (exact) mass is 300 g/mol. The summed E-state index contributed by atoms with van der Waals surface area (Å²) in [6.07, 6.45) is 0.121. The first-order valence-corrected chi connectivity index (χ1v) is 6.10. The van der Waals surface area contributed by atoms with Crippen LogP contribution >= 0.6 is 0 Å². The molecule has 0 spiro atoms. The molecular formula is C13H17FN2O5. The van der Waals surface area contributed by atoms with E-state index in [1.54, 1.807) is 0 Å². The van der Waals surface area contributed by atoms with Crippen LogP contribution in [0.15, 0.2) is 18.2 Å². The standard InChI is InChI=1S/C13H17FN2O5/c1-20-6-5-10(12(17)18)16-13(19)15-8-3-4-11(21-2)9(14)7-8/h3-4,7,10H,5-6H2,1-2H3,(H,17,18)(H2,15,16,19). The van der Waals surface area contributed by atoms with Crippen LogP contribution in [0, 0.1) is 5.82 Å². The van der Waals surface area contributed by atoms with Crippen LogP contribution in [0.25, 0.3) is 0 Å². The molecule has 1 aromatic rings. The molecule has 1 unspecified atom stereocenters. The summed E-state index contributed by atoms with van der Waals surface area (Å²) >= 11 is 0. The van der Waals surface area contributed by atoms with E-state index in [1.165, 1.54) is 26.4 Å². The van der Waals surface area contributed by atoms with E-state index in [1.807, 2.05) is 0 Å². The number of aliphatic carboxylic acids is 1. The van der Waals surface area contributed by atoms with Gasteiger partial charge < -0.3 is 25.2 Å². The number of hydrogen-bond donors (Lipinski definition) is 3. The van der Waals surface area contributed by atoms with Gasteiger partial charge in [0.25, 0.3) is 0 Å². The number of carboxylic acids is 1. The van der Waals surface area contributed by atoms with E-state index in [-0.39, 0.29) is 24.5 Å². The molecule has 0 bridgehead atoms. The average Bonchev–Trinajstić information content (AvgIpc) is 2.43. The van der Waals surface area contributed by atoms with Crippen molar-refractivity contribution < 1.29 is 28.6 Å². The Kier molecular flexibility index (Phi) is 6.41. The highest BCUT2D eigenvalue weighted by molar-refractivity contribution is 5.92. The van der Waals surface area contributed by atoms with Crippen LogP contribution in [0.3, 0.4) is 0 Å². The zero-order valence-electron chi connectivity index (χ0n) is 11.7. The number of benzene rings is 1. The van der Waals surface area contributed by atoms with E-state index >= 15 is 0 Å². The molecule has 0 aliphatic carbocycles. The highest BCUT2D eigenvalue weighted by Crippen LogP contribution is 2.20. The van der Waals surface area contributed by atoms with Gasteiger partial charge in [-0.3, -0.25) is 0 Å². The minimum absolute atomic E-state index is 0.0458. The van der Waals surface area contributed by atoms with Gasteiger partial charge in [-0.1, -0.05) is 0 Å². The Labute approximate surface area is 121 Å². The Morgan fingerprint density at radius 1 is 1.38 bits per heavy atom. The SMILES string of the molecule is COCCC(NC(=O)Nc1ccc(OC)c(F)c1)C(=O)O. The molecule has 0 saturated carbocycles. The summed E-state index contributed by atoms with van der Waals surface area (Å²) in [6.45, 7) is 0.189. The van der Waals surface area contributed by atoms with Crippen molar-refractivity contribution >= 4 is 17.7 Å². The van der Waals surface area contributed by atoms with Crippen LogP contribution in [0.5, 0.6) is 5.75 Å². The average molecular weight is 300 g/mol. The Morgan fingerprint density at radius 3 is 2.62 bits per heavy atom. The van der Waals surface area contributed by atoms with Crippen LogP contribution in [0.2, 0.25) is 0 Å². The third-order valence-electron chi connectivity index (χ3n) is 2.62. The first-order chi connectivity index (χ1) is 9.97. The number of methoxy groups -OCH3 is 2. The number of ether oxygens (including phenoxy) is 2. The van der Waals surface area contributed by atoms with Crippen molar-refractivity contribution in [2.24, 2.45) is 0 Å². The summed E-state index contributed by atoms with van der Waals surface area (Å²) in [4.78, 5) is 22.6. The number of carbonyl (C=O) groups excluding carboxylic acids is 1. The molecule has 1 rings (SSSR count). The van der Waals surface area contributed by atoms with Crippen LogP contribution in [0.1, 0.15) is 6.42 Å². The van der Waals surface area contributed by atoms with Crippen molar-refractivity contribution in [2.75, 3.05) is 26.1 Å². The smallest absolute Gasteiger partial charge is 0.326 e. The molecule has 3 N–H and O–H groups in total. The number of halogens is 1. The molecular weight excluding hydrogens is 283 g/mol. The van der Waals surface area contributed by atoms with Crippen molar-refractivity contribution in [3.05, 3.63) is 24.0 Å². The molecule has 0 aromatic heterocycles. The second kappa shape index (κ2) is 8.05. The number of carbonyl (C=O) groups is 2. The lowest BCUT2D eigenvalue weighted by Crippen LogP contribution is -2.43. The Hall–Kier alpha value is -2.35. The second-order valence-electron chi connectivity index (χ2n) is 4.12. The van der Waals surface area contributed by atoms with Crippen LogP contribution in [-0.4, -0.2) is 44.0 Å². The van der Waals surface area contributed by atoms with Crippen molar-refractivity contribution in [2.45, 2.75) is 12.5 Å². The minimum Gasteiger partial charge on any atom is -0.494 e. The van der Waals surface area contributed by atoms with E-state index in [2.05, 4.69) is 10.6 Å². The molecule has 0 aliphatic heterocycles. The maximum absolute atomic E-state index is 13.5. The van der Waals surface area contributed by atoms with Gasteiger partial charge in [-0.05, 0) is 12.1 Å². The summed E-state index contributed by atoms with van der Waals surface area (Å²) < 4.78 is 23.0. The number of carboxylic acid groups (broad SMARTS) is 1. The quantitative estimate of drug-likeness (QED) is 0.708. The van der Waals surface area contributed by atoms with Gasteiger partial charge in [-0.25, -0.2) is 14.0 Å². The molecule has 1 aromatic carbocycles. The van der Waals surface area contributed by atoms with Crippen LogP contribution in [0.4, 0.5) is 14.9 Å². The van der Waals surface area contributed by atoms with E-state index in [9.17, 15) is 14.0 Å². The van der Waals surface area contributed by atoms with Crippen molar-refractivity contribution in [1.82, 2.24) is 5.32 Å². The van der Waals surface area contributed by atoms with E-state index in [0.29, 0.717) is 0 Å². The lowest BCUT2D eigenvalue weighted by Gasteiger charge is -2.15. The maximum Gasteiger partial charge on any atom is 0.326 e. The van der Waals surface area contributed by atoms with E-state index in [0.717, 1.165) is 6.07 Å². The molecule has 7 nitrogen and oxygen atoms in total. The predicted molar refractivity (Wildman–Crippen MR) is 73.0 cm³/mol. The van der Waals surface area contributed by atoms with Gasteiger partial charge in [-0.2, -0.15) is 0 Å². The Morgan fingerprint density at radius 2 is 2.10 bits per heavy atom. The van der Waals surface area contributed by atoms with Gasteiger partial charge in [-0.15, -0.1) is 0 Å². The lowest BCUT2D eigenvalue weighted by atomic mass is 10.2. The Bertz CT molecular complexity index is 509. The second-order valence-corrected chi connectivity index (χ2v) is 4.12. The molecule has 8 heteroatoms. The van der Waals surface area contributed by atoms with Gasteiger partial charge in [0.2, 0.25) is 0 Å². The molecule has 2 amide bonds. The van der Waals surface area contributed by atoms with Gasteiger partial charge in [0.1, 0.15) is 6.04 Å². The molecule has 0 saturated heterocycles. The Balaban J connectivity index is 2.63. The first kappa shape index (κ1) is 16.7. The van der Waals surface area contributed by atoms with Crippen LogP contribution < -0.4 is 15.4 Å². The molecule has 0 fully saturated rings. The summed E-state index contributed by atoms with van der Waals surface area (Å²) in [5.41, 5.74) is 0.182. The number of amides is 2. The molecule has 1 atom stereocenters. The third-order valence-corrected chi connectivity index (χ3v) is 2.62. The molecule has 0 radical (unpaired) electrons. The summed E-state index contributed by atoms with van der Waals surface area (Å²) in [6, 6.07) is 2.02. The third kappa shape index (κ3) is 5.27. The zero-order chi connectivity index (χ0) is 15.8. The van der Waals surface area contributed by atoms with Crippen molar-refractivity contribution in [3.63, 3.8) is 0 Å². The fraction of sp³-hybridized carbons (Fsp3) is 0.385. The summed E-state index contributed by atoms with van der Waals surface area (Å²) in [7, 11) is 2.75. The van der Waals surface area contributed by atoms with Crippen LogP contribution in [-0.2, 0) is 9.53 Å². The molecule has 116 valence electrons. The number of rotatable bonds is 7. The highest BCUT2D eigenvalue weighted by atomic mass is 19.1. The molecule has 0 aliphatic rings. The van der Waals surface area contributed by atoms with Crippen molar-refractivity contribution in [1.29, 1.82) is 0 Å². The first-order valence-electron chi connectivity index (χ1n) is 6.10. The predicted octanol–water partition coefficient (Wildman–Crippen LogP) is 1.45. The summed E-state index contributed by atoms with van der Waals surface area (Å²) in [5.74, 6) is -1.77. The zero-order valence-corrected chi connectivity index (χ0v) is 11.7. The van der Waals surface area contributed by atoms with Gasteiger partial charge >= 0.3 is 12.0 Å². The number of nitrogens with one attached hydrogen (secondary N) is 2. The lowest BCUT2D eigenvalue weighted by molar-refractivity contribution is -0.139. The summed E-state index contributed by atoms with van der Waals surface area (Å²) in [5, 5.41) is 13.6. The van der Waals surface area contributed by atoms with Crippen molar-refractivity contribution in [3.8, 4) is 5.75 Å². The van der Waals surface area contributed by atoms with Gasteiger partial charge in [0.15, 0.2) is 11.6 Å². The number of urea groups is 1. The topological polar surface area (TPSA) is 96.9 Å². The van der Waals surface area contributed by atoms with Gasteiger partial charge in [0, 0.05) is 31.9 Å². The fourth-order valence-electron chi connectivity index (χ4n) is 1.56. The number of anilines is 1. The van der Waals surface area contributed by atoms with Gasteiger partial charge in [0.05, 0.1) is 7.11 Å². The maximum atomic E-state index is 13.5. The largest absolute Gasteiger partial charge is 0.494 e. The minimum atomic E-state index is -1.18. The molecule has 0 heterocycles. The number of hydrogen-bond acceptors (Lipinski definition) is 4. The molecule has 21 heavy (non-hydrogen) atoms. The van der Waals surface area contributed by atoms with E-state index in [4.69, 9.17) is 14.6 Å². The van der Waals surface area contributed by atoms with E-state index < -0.39 is 23.9 Å². The highest BCUT2D eigenvalue weighted by Gasteiger charge is 2.19. The fourth-order valence-corrected chi connectivity index (χ4v) is 1.56.